The summed E-state index contributed by atoms with van der Waals surface area (Å²) in [6.45, 7) is 5.62. The summed E-state index contributed by atoms with van der Waals surface area (Å²) in [7, 11) is 0. The molecule has 0 saturated heterocycles. The molecule has 1 amide bonds. The number of nitrogens with one attached hydrogen (secondary N) is 1. The Bertz CT molecular complexity index is 275. The van der Waals surface area contributed by atoms with Crippen molar-refractivity contribution in [3.8, 4) is 0 Å². The van der Waals surface area contributed by atoms with Crippen LogP contribution in [0.25, 0.3) is 0 Å². The Hall–Kier alpha value is -1.32. The normalized spacial score (nSPS) is 24.6. The van der Waals surface area contributed by atoms with Gasteiger partial charge in [-0.25, -0.2) is 0 Å². The Morgan fingerprint density at radius 2 is 2.25 bits per heavy atom. The minimum Gasteiger partial charge on any atom is -0.466 e. The molecule has 1 fully saturated rings. The summed E-state index contributed by atoms with van der Waals surface area (Å²) in [5, 5.41) is 2.83. The van der Waals surface area contributed by atoms with Crippen molar-refractivity contribution in [2.75, 3.05) is 6.61 Å². The zero-order valence-electron chi connectivity index (χ0n) is 9.70. The van der Waals surface area contributed by atoms with Gasteiger partial charge in [-0.15, -0.1) is 0 Å². The van der Waals surface area contributed by atoms with Gasteiger partial charge < -0.3 is 10.1 Å². The molecule has 0 unspecified atom stereocenters. The van der Waals surface area contributed by atoms with Gasteiger partial charge in [-0.3, -0.25) is 9.59 Å². The van der Waals surface area contributed by atoms with Crippen LogP contribution in [-0.4, -0.2) is 24.5 Å². The molecule has 0 aromatic heterocycles. The third-order valence-corrected chi connectivity index (χ3v) is 2.83. The van der Waals surface area contributed by atoms with E-state index in [4.69, 9.17) is 4.74 Å². The van der Waals surface area contributed by atoms with Crippen LogP contribution >= 0.6 is 0 Å². The van der Waals surface area contributed by atoms with Crippen molar-refractivity contribution >= 4 is 11.9 Å². The van der Waals surface area contributed by atoms with Crippen LogP contribution in [0, 0.1) is 5.92 Å². The van der Waals surface area contributed by atoms with Gasteiger partial charge in [-0.1, -0.05) is 13.0 Å². The number of esters is 1. The van der Waals surface area contributed by atoms with Gasteiger partial charge in [0.25, 0.3) is 0 Å². The molecule has 0 aliphatic heterocycles. The van der Waals surface area contributed by atoms with Gasteiger partial charge >= 0.3 is 5.97 Å². The van der Waals surface area contributed by atoms with E-state index in [0.717, 1.165) is 19.3 Å². The highest BCUT2D eigenvalue weighted by Gasteiger charge is 2.28. The van der Waals surface area contributed by atoms with E-state index in [-0.39, 0.29) is 23.8 Å². The molecule has 0 radical (unpaired) electrons. The van der Waals surface area contributed by atoms with Gasteiger partial charge in [-0.05, 0) is 32.3 Å². The van der Waals surface area contributed by atoms with Crippen LogP contribution < -0.4 is 5.32 Å². The van der Waals surface area contributed by atoms with E-state index in [9.17, 15) is 9.59 Å². The lowest BCUT2D eigenvalue weighted by Gasteiger charge is -2.28. The Kier molecular flexibility index (Phi) is 5.02. The summed E-state index contributed by atoms with van der Waals surface area (Å²) in [5.74, 6) is -0.377. The summed E-state index contributed by atoms with van der Waals surface area (Å²) in [6, 6.07) is 0.0775. The van der Waals surface area contributed by atoms with Crippen molar-refractivity contribution in [2.24, 2.45) is 5.92 Å². The van der Waals surface area contributed by atoms with Crippen LogP contribution in [0.1, 0.15) is 32.6 Å². The summed E-state index contributed by atoms with van der Waals surface area (Å²) < 4.78 is 4.99. The van der Waals surface area contributed by atoms with Crippen LogP contribution in [0.4, 0.5) is 0 Å². The first kappa shape index (κ1) is 12.7. The molecule has 1 saturated carbocycles. The highest BCUT2D eigenvalue weighted by atomic mass is 16.5. The lowest BCUT2D eigenvalue weighted by atomic mass is 9.85. The maximum Gasteiger partial charge on any atom is 0.308 e. The molecule has 2 atom stereocenters. The van der Waals surface area contributed by atoms with E-state index in [1.807, 2.05) is 0 Å². The molecule has 0 aromatic carbocycles. The van der Waals surface area contributed by atoms with Crippen LogP contribution in [-0.2, 0) is 14.3 Å². The third-order valence-electron chi connectivity index (χ3n) is 2.83. The molecule has 1 aliphatic rings. The van der Waals surface area contributed by atoms with E-state index in [2.05, 4.69) is 11.9 Å². The Balaban J connectivity index is 2.43. The first-order valence-corrected chi connectivity index (χ1v) is 5.77. The van der Waals surface area contributed by atoms with Crippen molar-refractivity contribution < 1.29 is 14.3 Å². The number of hydrogen-bond donors (Lipinski definition) is 1. The average molecular weight is 225 g/mol. The fourth-order valence-electron chi connectivity index (χ4n) is 2.06. The number of carbonyl (C=O) groups excluding carboxylic acids is 2. The maximum atomic E-state index is 11.5. The maximum absolute atomic E-state index is 11.5. The first-order valence-electron chi connectivity index (χ1n) is 5.77. The van der Waals surface area contributed by atoms with Crippen molar-refractivity contribution in [3.63, 3.8) is 0 Å². The van der Waals surface area contributed by atoms with Crippen LogP contribution in [0.3, 0.4) is 0 Å². The predicted molar refractivity (Wildman–Crippen MR) is 60.7 cm³/mol. The molecular weight excluding hydrogens is 206 g/mol. The molecule has 1 aliphatic carbocycles. The number of rotatable bonds is 4. The topological polar surface area (TPSA) is 55.4 Å². The van der Waals surface area contributed by atoms with Crippen molar-refractivity contribution in [2.45, 2.75) is 38.6 Å². The Morgan fingerprint density at radius 3 is 2.88 bits per heavy atom. The molecule has 1 rings (SSSR count). The van der Waals surface area contributed by atoms with E-state index >= 15 is 0 Å². The molecule has 1 N–H and O–H groups in total. The zero-order valence-corrected chi connectivity index (χ0v) is 9.70. The standard InChI is InChI=1S/C12H19NO3/c1-3-11(14)13-10-7-5-6-9(8-10)12(15)16-4-2/h3,9-10H,1,4-8H2,2H3,(H,13,14)/t9-,10+/m1/s1. The number of hydrogen-bond acceptors (Lipinski definition) is 3. The van der Waals surface area contributed by atoms with E-state index in [0.29, 0.717) is 13.0 Å². The van der Waals surface area contributed by atoms with Crippen LogP contribution in [0.2, 0.25) is 0 Å². The second kappa shape index (κ2) is 6.30. The van der Waals surface area contributed by atoms with Gasteiger partial charge in [0.05, 0.1) is 12.5 Å². The minimum absolute atomic E-state index is 0.0659. The molecular formula is C12H19NO3. The molecule has 4 nitrogen and oxygen atoms in total. The summed E-state index contributed by atoms with van der Waals surface area (Å²) in [4.78, 5) is 22.7. The van der Waals surface area contributed by atoms with Crippen molar-refractivity contribution in [1.29, 1.82) is 0 Å². The second-order valence-corrected chi connectivity index (χ2v) is 4.03. The smallest absolute Gasteiger partial charge is 0.308 e. The quantitative estimate of drug-likeness (QED) is 0.581. The van der Waals surface area contributed by atoms with Gasteiger partial charge in [0.15, 0.2) is 0 Å². The Morgan fingerprint density at radius 1 is 1.50 bits per heavy atom. The molecule has 16 heavy (non-hydrogen) atoms. The minimum atomic E-state index is -0.172. The first-order chi connectivity index (χ1) is 7.67. The lowest BCUT2D eigenvalue weighted by Crippen LogP contribution is -2.39. The van der Waals surface area contributed by atoms with Crippen molar-refractivity contribution in [3.05, 3.63) is 12.7 Å². The predicted octanol–water partition coefficient (Wildman–Crippen LogP) is 1.41. The average Bonchev–Trinajstić information content (AvgIpc) is 2.29. The molecule has 0 spiro atoms. The highest BCUT2D eigenvalue weighted by Crippen LogP contribution is 2.25. The number of amides is 1. The third kappa shape index (κ3) is 3.68. The van der Waals surface area contributed by atoms with Crippen LogP contribution in [0.5, 0.6) is 0 Å². The zero-order chi connectivity index (χ0) is 12.0. The van der Waals surface area contributed by atoms with Gasteiger partial charge in [0.2, 0.25) is 5.91 Å². The van der Waals surface area contributed by atoms with Gasteiger partial charge in [-0.2, -0.15) is 0 Å². The summed E-state index contributed by atoms with van der Waals surface area (Å²) in [6.07, 6.45) is 4.67. The molecule has 4 heteroatoms. The largest absolute Gasteiger partial charge is 0.466 e. The molecule has 90 valence electrons. The number of ether oxygens (including phenoxy) is 1. The lowest BCUT2D eigenvalue weighted by molar-refractivity contribution is -0.149. The van der Waals surface area contributed by atoms with Gasteiger partial charge in [0, 0.05) is 6.04 Å². The monoisotopic (exact) mass is 225 g/mol. The fourth-order valence-corrected chi connectivity index (χ4v) is 2.06. The van der Waals surface area contributed by atoms with E-state index in [1.165, 1.54) is 6.08 Å². The summed E-state index contributed by atoms with van der Waals surface area (Å²) in [5.41, 5.74) is 0. The van der Waals surface area contributed by atoms with Gasteiger partial charge in [0.1, 0.15) is 0 Å². The molecule has 0 bridgehead atoms. The molecule has 0 aromatic rings. The van der Waals surface area contributed by atoms with Crippen molar-refractivity contribution in [1.82, 2.24) is 5.32 Å². The Labute approximate surface area is 96.0 Å². The molecule has 0 heterocycles. The SMILES string of the molecule is C=CC(=O)N[C@H]1CCC[C@@H](C(=O)OCC)C1. The number of carbonyl (C=O) groups is 2. The van der Waals surface area contributed by atoms with E-state index < -0.39 is 0 Å². The fraction of sp³-hybridized carbons (Fsp3) is 0.667. The van der Waals surface area contributed by atoms with E-state index in [1.54, 1.807) is 6.92 Å². The second-order valence-electron chi connectivity index (χ2n) is 4.03. The van der Waals surface area contributed by atoms with Crippen LogP contribution in [0.15, 0.2) is 12.7 Å². The highest BCUT2D eigenvalue weighted by molar-refractivity contribution is 5.87. The summed E-state index contributed by atoms with van der Waals surface area (Å²) >= 11 is 0.